The molecule has 1 nitrogen and oxygen atoms in total. The summed E-state index contributed by atoms with van der Waals surface area (Å²) in [6.45, 7) is 4.40. The van der Waals surface area contributed by atoms with Gasteiger partial charge in [-0.1, -0.05) is 61.4 Å². The molecule has 0 bridgehead atoms. The Morgan fingerprint density at radius 1 is 1.05 bits per heavy atom. The molecule has 1 N–H and O–H groups in total. The van der Waals surface area contributed by atoms with Crippen molar-refractivity contribution in [1.82, 2.24) is 5.32 Å². The molecule has 19 heavy (non-hydrogen) atoms. The third kappa shape index (κ3) is 4.65. The van der Waals surface area contributed by atoms with Crippen molar-refractivity contribution in [3.05, 3.63) is 34.9 Å². The van der Waals surface area contributed by atoms with Crippen LogP contribution in [0.15, 0.2) is 18.2 Å². The monoisotopic (exact) mass is 259 g/mol. The van der Waals surface area contributed by atoms with E-state index in [1.54, 1.807) is 0 Å². The van der Waals surface area contributed by atoms with Crippen molar-refractivity contribution in [2.24, 2.45) is 5.92 Å². The third-order valence-corrected chi connectivity index (χ3v) is 4.51. The van der Waals surface area contributed by atoms with E-state index in [4.69, 9.17) is 0 Å². The van der Waals surface area contributed by atoms with Crippen LogP contribution in [0.5, 0.6) is 0 Å². The van der Waals surface area contributed by atoms with Crippen LogP contribution in [0.25, 0.3) is 0 Å². The number of nitrogens with one attached hydrogen (secondary N) is 1. The minimum absolute atomic E-state index is 0.643. The summed E-state index contributed by atoms with van der Waals surface area (Å²) < 4.78 is 0. The molecule has 0 saturated heterocycles. The Morgan fingerprint density at radius 3 is 2.26 bits per heavy atom. The summed E-state index contributed by atoms with van der Waals surface area (Å²) in [6.07, 6.45) is 9.78. The van der Waals surface area contributed by atoms with Crippen molar-refractivity contribution in [3.8, 4) is 0 Å². The van der Waals surface area contributed by atoms with Crippen molar-refractivity contribution in [2.75, 3.05) is 7.05 Å². The molecule has 1 aliphatic carbocycles. The van der Waals surface area contributed by atoms with E-state index in [-0.39, 0.29) is 0 Å². The predicted octanol–water partition coefficient (Wildman–Crippen LogP) is 4.40. The molecule has 1 fully saturated rings. The van der Waals surface area contributed by atoms with Crippen LogP contribution in [-0.2, 0) is 6.42 Å². The van der Waals surface area contributed by atoms with Crippen molar-refractivity contribution in [2.45, 2.75) is 64.8 Å². The van der Waals surface area contributed by atoms with Crippen molar-refractivity contribution in [3.63, 3.8) is 0 Å². The van der Waals surface area contributed by atoms with Gasteiger partial charge in [-0.05, 0) is 45.2 Å². The Hall–Kier alpha value is -0.820. The van der Waals surface area contributed by atoms with Gasteiger partial charge in [0, 0.05) is 6.04 Å². The van der Waals surface area contributed by atoms with Crippen molar-refractivity contribution in [1.29, 1.82) is 0 Å². The number of rotatable bonds is 5. The first-order valence-electron chi connectivity index (χ1n) is 7.92. The first kappa shape index (κ1) is 14.6. The van der Waals surface area contributed by atoms with Crippen molar-refractivity contribution < 1.29 is 0 Å². The van der Waals surface area contributed by atoms with Gasteiger partial charge < -0.3 is 5.32 Å². The Morgan fingerprint density at radius 2 is 1.68 bits per heavy atom. The Bertz CT molecular complexity index is 370. The number of hydrogen-bond donors (Lipinski definition) is 1. The summed E-state index contributed by atoms with van der Waals surface area (Å²) in [5.74, 6) is 0.956. The van der Waals surface area contributed by atoms with Gasteiger partial charge in [0.05, 0.1) is 0 Å². The number of benzene rings is 1. The maximum Gasteiger partial charge on any atom is 0.0107 e. The third-order valence-electron chi connectivity index (χ3n) is 4.51. The summed E-state index contributed by atoms with van der Waals surface area (Å²) in [5.41, 5.74) is 4.28. The average Bonchev–Trinajstić information content (AvgIpc) is 2.38. The highest BCUT2D eigenvalue weighted by atomic mass is 14.9. The van der Waals surface area contributed by atoms with Gasteiger partial charge in [-0.3, -0.25) is 0 Å². The van der Waals surface area contributed by atoms with E-state index in [0.717, 1.165) is 5.92 Å². The lowest BCUT2D eigenvalue weighted by molar-refractivity contribution is 0.302. The van der Waals surface area contributed by atoms with E-state index < -0.39 is 0 Å². The van der Waals surface area contributed by atoms with E-state index in [0.29, 0.717) is 6.04 Å². The molecule has 0 aromatic heterocycles. The van der Waals surface area contributed by atoms with Crippen LogP contribution >= 0.6 is 0 Å². The van der Waals surface area contributed by atoms with Crippen LogP contribution in [0, 0.1) is 19.8 Å². The maximum absolute atomic E-state index is 3.54. The molecule has 0 spiro atoms. The van der Waals surface area contributed by atoms with Crippen LogP contribution in [-0.4, -0.2) is 13.1 Å². The smallest absolute Gasteiger partial charge is 0.0107 e. The van der Waals surface area contributed by atoms with Gasteiger partial charge in [0.25, 0.3) is 0 Å². The molecule has 0 amide bonds. The molecule has 0 radical (unpaired) electrons. The van der Waals surface area contributed by atoms with Crippen LogP contribution in [0.2, 0.25) is 0 Å². The molecule has 1 atom stereocenters. The minimum Gasteiger partial charge on any atom is -0.317 e. The number of hydrogen-bond acceptors (Lipinski definition) is 1. The van der Waals surface area contributed by atoms with E-state index in [1.165, 1.54) is 61.6 Å². The molecule has 1 unspecified atom stereocenters. The molecular formula is C18H29N. The molecule has 1 saturated carbocycles. The Kier molecular flexibility index (Phi) is 5.45. The Balaban J connectivity index is 1.93. The SMILES string of the molecule is CNC(Cc1cc(C)cc(C)c1)CC1CCCCC1. The van der Waals surface area contributed by atoms with Crippen LogP contribution < -0.4 is 5.32 Å². The lowest BCUT2D eigenvalue weighted by Crippen LogP contribution is -2.30. The standard InChI is InChI=1S/C18H29N/c1-14-9-15(2)11-17(10-14)13-18(19-3)12-16-7-5-4-6-8-16/h9-11,16,18-19H,4-8,12-13H2,1-3H3. The number of aryl methyl sites for hydroxylation is 2. The summed E-state index contributed by atoms with van der Waals surface area (Å²) in [7, 11) is 2.12. The molecule has 1 aliphatic rings. The summed E-state index contributed by atoms with van der Waals surface area (Å²) in [5, 5.41) is 3.54. The predicted molar refractivity (Wildman–Crippen MR) is 83.7 cm³/mol. The minimum atomic E-state index is 0.643. The maximum atomic E-state index is 3.54. The van der Waals surface area contributed by atoms with Gasteiger partial charge in [0.2, 0.25) is 0 Å². The van der Waals surface area contributed by atoms with Gasteiger partial charge in [0.1, 0.15) is 0 Å². The normalized spacial score (nSPS) is 18.5. The topological polar surface area (TPSA) is 12.0 Å². The second-order valence-corrected chi connectivity index (χ2v) is 6.43. The lowest BCUT2D eigenvalue weighted by Gasteiger charge is -2.26. The quantitative estimate of drug-likeness (QED) is 0.826. The zero-order chi connectivity index (χ0) is 13.7. The average molecular weight is 259 g/mol. The van der Waals surface area contributed by atoms with Gasteiger partial charge in [-0.15, -0.1) is 0 Å². The first-order chi connectivity index (χ1) is 9.17. The van der Waals surface area contributed by atoms with E-state index in [9.17, 15) is 0 Å². The van der Waals surface area contributed by atoms with Crippen LogP contribution in [0.4, 0.5) is 0 Å². The van der Waals surface area contributed by atoms with Gasteiger partial charge in [-0.2, -0.15) is 0 Å². The van der Waals surface area contributed by atoms with E-state index >= 15 is 0 Å². The largest absolute Gasteiger partial charge is 0.317 e. The zero-order valence-corrected chi connectivity index (χ0v) is 12.8. The second-order valence-electron chi connectivity index (χ2n) is 6.43. The summed E-state index contributed by atoms with van der Waals surface area (Å²) in [4.78, 5) is 0. The van der Waals surface area contributed by atoms with Crippen LogP contribution in [0.1, 0.15) is 55.2 Å². The lowest BCUT2D eigenvalue weighted by atomic mass is 9.83. The Labute approximate surface area is 118 Å². The highest BCUT2D eigenvalue weighted by molar-refractivity contribution is 5.29. The fourth-order valence-electron chi connectivity index (χ4n) is 3.60. The fraction of sp³-hybridized carbons (Fsp3) is 0.667. The molecule has 1 aromatic carbocycles. The number of likely N-dealkylation sites (N-methyl/N-ethyl adjacent to an activating group) is 1. The molecule has 1 aromatic rings. The molecule has 0 heterocycles. The molecule has 1 heteroatoms. The zero-order valence-electron chi connectivity index (χ0n) is 12.8. The fourth-order valence-corrected chi connectivity index (χ4v) is 3.60. The molecule has 2 rings (SSSR count). The van der Waals surface area contributed by atoms with Gasteiger partial charge in [-0.25, -0.2) is 0 Å². The molecule has 0 aliphatic heterocycles. The van der Waals surface area contributed by atoms with Crippen LogP contribution in [0.3, 0.4) is 0 Å². The van der Waals surface area contributed by atoms with Crippen molar-refractivity contribution >= 4 is 0 Å². The highest BCUT2D eigenvalue weighted by Crippen LogP contribution is 2.28. The highest BCUT2D eigenvalue weighted by Gasteiger charge is 2.18. The van der Waals surface area contributed by atoms with Gasteiger partial charge in [0.15, 0.2) is 0 Å². The molecule has 106 valence electrons. The summed E-state index contributed by atoms with van der Waals surface area (Å²) >= 11 is 0. The molecular weight excluding hydrogens is 230 g/mol. The van der Waals surface area contributed by atoms with E-state index in [1.807, 2.05) is 0 Å². The first-order valence-corrected chi connectivity index (χ1v) is 7.92. The van der Waals surface area contributed by atoms with Gasteiger partial charge >= 0.3 is 0 Å². The second kappa shape index (κ2) is 7.09. The summed E-state index contributed by atoms with van der Waals surface area (Å²) in [6, 6.07) is 7.60. The van der Waals surface area contributed by atoms with E-state index in [2.05, 4.69) is 44.4 Å².